The van der Waals surface area contributed by atoms with Gasteiger partial charge in [-0.25, -0.2) is 0 Å². The lowest BCUT2D eigenvalue weighted by atomic mass is 10.0. The summed E-state index contributed by atoms with van der Waals surface area (Å²) in [7, 11) is 0. The van der Waals surface area contributed by atoms with Gasteiger partial charge in [0.1, 0.15) is 18.3 Å². The largest absolute Gasteiger partial charge is 0.492 e. The van der Waals surface area contributed by atoms with Crippen molar-refractivity contribution >= 4 is 11.6 Å². The quantitative estimate of drug-likeness (QED) is 0.892. The van der Waals surface area contributed by atoms with E-state index in [4.69, 9.17) is 4.74 Å². The summed E-state index contributed by atoms with van der Waals surface area (Å²) < 4.78 is 5.56. The fourth-order valence-corrected chi connectivity index (χ4v) is 2.63. The molecule has 0 unspecified atom stereocenters. The molecule has 2 aromatic carbocycles. The maximum atomic E-state index is 12.3. The highest BCUT2D eigenvalue weighted by Gasteiger charge is 2.29. The monoisotopic (exact) mass is 296 g/mol. The number of nitrogens with one attached hydrogen (secondary N) is 2. The van der Waals surface area contributed by atoms with Crippen molar-refractivity contribution in [2.75, 3.05) is 18.5 Å². The van der Waals surface area contributed by atoms with Crippen molar-refractivity contribution in [1.29, 1.82) is 0 Å². The highest BCUT2D eigenvalue weighted by molar-refractivity contribution is 5.85. The van der Waals surface area contributed by atoms with Crippen LogP contribution in [0.25, 0.3) is 0 Å². The third kappa shape index (κ3) is 3.22. The summed E-state index contributed by atoms with van der Waals surface area (Å²) in [6.07, 6.45) is 0. The first kappa shape index (κ1) is 14.4. The number of amides is 1. The molecule has 0 aliphatic carbocycles. The Balaban J connectivity index is 1.53. The van der Waals surface area contributed by atoms with Crippen LogP contribution >= 0.6 is 0 Å². The molecule has 4 heteroatoms. The van der Waals surface area contributed by atoms with Crippen molar-refractivity contribution in [3.05, 3.63) is 60.2 Å². The first-order chi connectivity index (χ1) is 10.7. The van der Waals surface area contributed by atoms with Gasteiger partial charge >= 0.3 is 0 Å². The number of hydrogen-bond donors (Lipinski definition) is 2. The number of ether oxygens (including phenoxy) is 1. The van der Waals surface area contributed by atoms with E-state index in [9.17, 15) is 4.79 Å². The zero-order valence-electron chi connectivity index (χ0n) is 12.6. The summed E-state index contributed by atoms with van der Waals surface area (Å²) >= 11 is 0. The topological polar surface area (TPSA) is 50.4 Å². The summed E-state index contributed by atoms with van der Waals surface area (Å²) in [5.74, 6) is 0.630. The van der Waals surface area contributed by atoms with Gasteiger partial charge in [-0.2, -0.15) is 0 Å². The van der Waals surface area contributed by atoms with Crippen molar-refractivity contribution in [2.24, 2.45) is 0 Å². The van der Waals surface area contributed by atoms with Gasteiger partial charge in [-0.1, -0.05) is 36.4 Å². The molecule has 0 aromatic heterocycles. The molecule has 3 rings (SSSR count). The van der Waals surface area contributed by atoms with Crippen molar-refractivity contribution in [2.45, 2.75) is 18.9 Å². The lowest BCUT2D eigenvalue weighted by Gasteiger charge is -2.17. The third-order valence-electron chi connectivity index (χ3n) is 3.79. The average molecular weight is 296 g/mol. The van der Waals surface area contributed by atoms with Crippen LogP contribution in [-0.2, 0) is 4.79 Å². The number of carbonyl (C=O) groups is 1. The van der Waals surface area contributed by atoms with Gasteiger partial charge in [-0.3, -0.25) is 4.79 Å². The molecule has 4 nitrogen and oxygen atoms in total. The number of benzene rings is 2. The highest BCUT2D eigenvalue weighted by atomic mass is 16.5. The summed E-state index contributed by atoms with van der Waals surface area (Å²) in [6.45, 7) is 3.05. The van der Waals surface area contributed by atoms with E-state index < -0.39 is 0 Å². The van der Waals surface area contributed by atoms with E-state index >= 15 is 0 Å². The Morgan fingerprint density at radius 1 is 1.18 bits per heavy atom. The van der Waals surface area contributed by atoms with Crippen LogP contribution in [0.4, 0.5) is 5.69 Å². The molecule has 0 spiro atoms. The zero-order valence-corrected chi connectivity index (χ0v) is 12.6. The smallest absolute Gasteiger partial charge is 0.231 e. The minimum Gasteiger partial charge on any atom is -0.492 e. The van der Waals surface area contributed by atoms with E-state index in [0.717, 1.165) is 17.0 Å². The molecule has 114 valence electrons. The minimum absolute atomic E-state index is 0.0201. The Morgan fingerprint density at radius 3 is 2.73 bits per heavy atom. The normalized spacial score (nSPS) is 17.2. The van der Waals surface area contributed by atoms with E-state index in [-0.39, 0.29) is 17.9 Å². The standard InChI is InChI=1S/C18H20N2O2/c1-13(20-14-7-3-2-4-8-14)11-19-18(21)16-12-22-17-10-6-5-9-15(16)17/h2-10,13,16,20H,11-12H2,1H3,(H,19,21)/t13-,16+/m1/s1. The summed E-state index contributed by atoms with van der Waals surface area (Å²) in [6, 6.07) is 17.9. The number of carbonyl (C=O) groups excluding carboxylic acids is 1. The van der Waals surface area contributed by atoms with Crippen LogP contribution in [0.2, 0.25) is 0 Å². The van der Waals surface area contributed by atoms with Gasteiger partial charge in [0.25, 0.3) is 0 Å². The van der Waals surface area contributed by atoms with Crippen LogP contribution in [-0.4, -0.2) is 25.1 Å². The van der Waals surface area contributed by atoms with E-state index in [1.54, 1.807) is 0 Å². The molecule has 22 heavy (non-hydrogen) atoms. The Hall–Kier alpha value is -2.49. The van der Waals surface area contributed by atoms with Crippen molar-refractivity contribution < 1.29 is 9.53 Å². The first-order valence-electron chi connectivity index (χ1n) is 7.55. The van der Waals surface area contributed by atoms with Gasteiger partial charge in [0.15, 0.2) is 0 Å². The molecular weight excluding hydrogens is 276 g/mol. The van der Waals surface area contributed by atoms with Gasteiger partial charge in [0.2, 0.25) is 5.91 Å². The van der Waals surface area contributed by atoms with Gasteiger partial charge in [0, 0.05) is 23.8 Å². The molecule has 0 fully saturated rings. The lowest BCUT2D eigenvalue weighted by Crippen LogP contribution is -2.37. The first-order valence-corrected chi connectivity index (χ1v) is 7.55. The molecule has 2 atom stereocenters. The predicted molar refractivity (Wildman–Crippen MR) is 87.2 cm³/mol. The van der Waals surface area contributed by atoms with E-state index in [2.05, 4.69) is 10.6 Å². The fraction of sp³-hybridized carbons (Fsp3) is 0.278. The maximum absolute atomic E-state index is 12.3. The lowest BCUT2D eigenvalue weighted by molar-refractivity contribution is -0.122. The van der Waals surface area contributed by atoms with Crippen molar-refractivity contribution in [3.8, 4) is 5.75 Å². The van der Waals surface area contributed by atoms with Crippen LogP contribution in [0.1, 0.15) is 18.4 Å². The number of fused-ring (bicyclic) bond motifs is 1. The third-order valence-corrected chi connectivity index (χ3v) is 3.79. The Bertz CT molecular complexity index is 643. The van der Waals surface area contributed by atoms with Crippen LogP contribution in [0, 0.1) is 0 Å². The second-order valence-electron chi connectivity index (χ2n) is 5.56. The molecule has 2 aromatic rings. The number of para-hydroxylation sites is 2. The Labute approximate surface area is 130 Å². The van der Waals surface area contributed by atoms with Gasteiger partial charge < -0.3 is 15.4 Å². The molecule has 1 amide bonds. The average Bonchev–Trinajstić information content (AvgIpc) is 2.98. The van der Waals surface area contributed by atoms with E-state index in [0.29, 0.717) is 13.2 Å². The van der Waals surface area contributed by atoms with Gasteiger partial charge in [-0.05, 0) is 25.1 Å². The Morgan fingerprint density at radius 2 is 1.91 bits per heavy atom. The molecule has 0 saturated heterocycles. The van der Waals surface area contributed by atoms with E-state index in [1.807, 2.05) is 61.5 Å². The molecule has 0 bridgehead atoms. The summed E-state index contributed by atoms with van der Waals surface area (Å²) in [5, 5.41) is 6.37. The Kier molecular flexibility index (Phi) is 4.28. The second kappa shape index (κ2) is 6.52. The SMILES string of the molecule is C[C@H](CNC(=O)[C@H]1COc2ccccc21)Nc1ccccc1. The van der Waals surface area contributed by atoms with Crippen LogP contribution in [0.5, 0.6) is 5.75 Å². The van der Waals surface area contributed by atoms with Crippen molar-refractivity contribution in [3.63, 3.8) is 0 Å². The number of rotatable bonds is 5. The molecule has 1 aliphatic rings. The van der Waals surface area contributed by atoms with E-state index in [1.165, 1.54) is 0 Å². The molecule has 1 heterocycles. The van der Waals surface area contributed by atoms with Gasteiger partial charge in [0.05, 0.1) is 0 Å². The minimum atomic E-state index is -0.208. The number of hydrogen-bond acceptors (Lipinski definition) is 3. The molecule has 2 N–H and O–H groups in total. The fourth-order valence-electron chi connectivity index (χ4n) is 2.63. The molecular formula is C18H20N2O2. The summed E-state index contributed by atoms with van der Waals surface area (Å²) in [4.78, 5) is 12.3. The predicted octanol–water partition coefficient (Wildman–Crippen LogP) is 2.78. The maximum Gasteiger partial charge on any atom is 0.231 e. The van der Waals surface area contributed by atoms with Crippen molar-refractivity contribution in [1.82, 2.24) is 5.32 Å². The zero-order chi connectivity index (χ0) is 15.4. The molecule has 0 saturated carbocycles. The van der Waals surface area contributed by atoms with Crippen LogP contribution in [0.3, 0.4) is 0 Å². The van der Waals surface area contributed by atoms with Gasteiger partial charge in [-0.15, -0.1) is 0 Å². The molecule has 0 radical (unpaired) electrons. The summed E-state index contributed by atoms with van der Waals surface area (Å²) in [5.41, 5.74) is 2.03. The highest BCUT2D eigenvalue weighted by Crippen LogP contribution is 2.33. The van der Waals surface area contributed by atoms with Crippen LogP contribution < -0.4 is 15.4 Å². The number of anilines is 1. The van der Waals surface area contributed by atoms with Crippen LogP contribution in [0.15, 0.2) is 54.6 Å². The molecule has 1 aliphatic heterocycles. The second-order valence-corrected chi connectivity index (χ2v) is 5.56.